The second kappa shape index (κ2) is 4.81. The van der Waals surface area contributed by atoms with Crippen molar-refractivity contribution in [1.29, 1.82) is 0 Å². The molecule has 1 atom stereocenters. The molecular weight excluding hydrogens is 298 g/mol. The number of fused-ring (bicyclic) bond motifs is 1. The topological polar surface area (TPSA) is 37.4 Å². The number of imide groups is 1. The lowest BCUT2D eigenvalue weighted by molar-refractivity contribution is -0.143. The summed E-state index contributed by atoms with van der Waals surface area (Å²) in [5, 5.41) is 0. The summed E-state index contributed by atoms with van der Waals surface area (Å²) in [7, 11) is 0. The molecule has 2 amide bonds. The van der Waals surface area contributed by atoms with Crippen LogP contribution >= 0.6 is 0 Å². The summed E-state index contributed by atoms with van der Waals surface area (Å²) >= 11 is 0. The van der Waals surface area contributed by atoms with Gasteiger partial charge in [0, 0.05) is 12.2 Å². The summed E-state index contributed by atoms with van der Waals surface area (Å²) in [5.74, 6) is -0.394. The maximum Gasteiger partial charge on any atom is 0.254 e. The van der Waals surface area contributed by atoms with Crippen LogP contribution in [-0.2, 0) is 15.0 Å². The Kier molecular flexibility index (Phi) is 3.39. The number of nitrogens with zero attached hydrogens (tertiary/aromatic N) is 1. The van der Waals surface area contributed by atoms with Crippen LogP contribution < -0.4 is 0 Å². The third kappa shape index (κ3) is 1.78. The Labute approximate surface area is 144 Å². The van der Waals surface area contributed by atoms with Gasteiger partial charge in [0.15, 0.2) is 0 Å². The van der Waals surface area contributed by atoms with Gasteiger partial charge in [-0.15, -0.1) is 0 Å². The molecule has 0 bridgehead atoms. The van der Waals surface area contributed by atoms with Gasteiger partial charge in [0.05, 0.1) is 6.04 Å². The summed E-state index contributed by atoms with van der Waals surface area (Å²) in [6, 6.07) is -0.226. The fraction of sp³-hybridized carbons (Fsp3) is 0.524. The molecule has 24 heavy (non-hydrogen) atoms. The van der Waals surface area contributed by atoms with Crippen molar-refractivity contribution >= 4 is 11.8 Å². The number of rotatable bonds is 1. The van der Waals surface area contributed by atoms with Crippen LogP contribution in [0.3, 0.4) is 0 Å². The van der Waals surface area contributed by atoms with Crippen LogP contribution in [0.4, 0.5) is 0 Å². The number of benzene rings is 1. The molecule has 0 saturated heterocycles. The van der Waals surface area contributed by atoms with E-state index in [-0.39, 0.29) is 28.7 Å². The average molecular weight is 325 g/mol. The van der Waals surface area contributed by atoms with Crippen LogP contribution in [0.2, 0.25) is 0 Å². The molecule has 3 nitrogen and oxygen atoms in total. The normalized spacial score (nSPS) is 24.0. The lowest BCUT2D eigenvalue weighted by atomic mass is 9.66. The third-order valence-corrected chi connectivity index (χ3v) is 7.03. The summed E-state index contributed by atoms with van der Waals surface area (Å²) < 4.78 is 0. The molecule has 1 aliphatic carbocycles. The molecule has 1 aromatic rings. The van der Waals surface area contributed by atoms with Gasteiger partial charge in [-0.3, -0.25) is 14.5 Å². The molecule has 1 aliphatic heterocycles. The van der Waals surface area contributed by atoms with Crippen LogP contribution in [0.1, 0.15) is 67.1 Å². The van der Waals surface area contributed by atoms with Crippen molar-refractivity contribution < 1.29 is 9.59 Å². The Bertz CT molecular complexity index is 794. The Balaban J connectivity index is 2.39. The van der Waals surface area contributed by atoms with Gasteiger partial charge in [0.1, 0.15) is 0 Å². The maximum absolute atomic E-state index is 12.4. The highest BCUT2D eigenvalue weighted by Gasteiger charge is 2.58. The van der Waals surface area contributed by atoms with Gasteiger partial charge in [-0.1, -0.05) is 27.7 Å². The van der Waals surface area contributed by atoms with Gasteiger partial charge in [-0.25, -0.2) is 0 Å². The van der Waals surface area contributed by atoms with Crippen molar-refractivity contribution in [3.05, 3.63) is 45.5 Å². The molecular formula is C21H27NO2. The van der Waals surface area contributed by atoms with Crippen molar-refractivity contribution in [1.82, 2.24) is 4.90 Å². The molecule has 2 aliphatic rings. The summed E-state index contributed by atoms with van der Waals surface area (Å²) in [6.07, 6.45) is 2.79. The minimum atomic E-state index is -0.248. The van der Waals surface area contributed by atoms with E-state index in [1.54, 1.807) is 0 Å². The highest BCUT2D eigenvalue weighted by Crippen LogP contribution is 2.62. The number of carbonyl (C=O) groups is 2. The molecule has 1 heterocycles. The standard InChI is InChI=1S/C21H27NO2/c1-11-12(2)14(4)18-17(13(11)3)19(21(7,8)20(18,5)6)22-15(23)9-10-16(22)24/h9-10,19H,1-8H3/t19-/m1/s1. The predicted octanol–water partition coefficient (Wildman–Crippen LogP) is 4.20. The Morgan fingerprint density at radius 3 is 1.75 bits per heavy atom. The van der Waals surface area contributed by atoms with Gasteiger partial charge in [-0.05, 0) is 71.9 Å². The summed E-state index contributed by atoms with van der Waals surface area (Å²) in [6.45, 7) is 17.5. The first-order valence-electron chi connectivity index (χ1n) is 8.60. The first kappa shape index (κ1) is 16.9. The fourth-order valence-corrected chi connectivity index (χ4v) is 4.63. The second-order valence-electron chi connectivity index (χ2n) is 8.42. The number of hydrogen-bond donors (Lipinski definition) is 0. The maximum atomic E-state index is 12.4. The van der Waals surface area contributed by atoms with Crippen molar-refractivity contribution in [3.8, 4) is 0 Å². The zero-order valence-electron chi connectivity index (χ0n) is 16.0. The fourth-order valence-electron chi connectivity index (χ4n) is 4.63. The Morgan fingerprint density at radius 2 is 1.25 bits per heavy atom. The Hall–Kier alpha value is -1.90. The van der Waals surface area contributed by atoms with E-state index in [1.807, 2.05) is 0 Å². The van der Waals surface area contributed by atoms with Gasteiger partial charge >= 0.3 is 0 Å². The van der Waals surface area contributed by atoms with Gasteiger partial charge in [0.2, 0.25) is 0 Å². The number of carbonyl (C=O) groups excluding carboxylic acids is 2. The SMILES string of the molecule is Cc1c(C)c(C)c2c(c1C)[C@@H](N1C(=O)C=CC1=O)C(C)(C)C2(C)C. The van der Waals surface area contributed by atoms with Crippen molar-refractivity contribution in [2.75, 3.05) is 0 Å². The first-order chi connectivity index (χ1) is 10.9. The van der Waals surface area contributed by atoms with Crippen molar-refractivity contribution in [3.63, 3.8) is 0 Å². The van der Waals surface area contributed by atoms with Crippen LogP contribution in [0.5, 0.6) is 0 Å². The molecule has 0 fully saturated rings. The predicted molar refractivity (Wildman–Crippen MR) is 95.9 cm³/mol. The van der Waals surface area contributed by atoms with E-state index in [2.05, 4.69) is 55.4 Å². The Morgan fingerprint density at radius 1 is 0.792 bits per heavy atom. The van der Waals surface area contributed by atoms with Gasteiger partial charge < -0.3 is 0 Å². The van der Waals surface area contributed by atoms with E-state index in [0.29, 0.717) is 0 Å². The van der Waals surface area contributed by atoms with Crippen LogP contribution in [-0.4, -0.2) is 16.7 Å². The van der Waals surface area contributed by atoms with Crippen LogP contribution in [0.25, 0.3) is 0 Å². The minimum absolute atomic E-state index is 0.135. The van der Waals surface area contributed by atoms with E-state index in [9.17, 15) is 9.59 Å². The van der Waals surface area contributed by atoms with E-state index < -0.39 is 0 Å². The van der Waals surface area contributed by atoms with E-state index in [4.69, 9.17) is 0 Å². The molecule has 0 unspecified atom stereocenters. The van der Waals surface area contributed by atoms with E-state index in [1.165, 1.54) is 50.4 Å². The lowest BCUT2D eigenvalue weighted by Crippen LogP contribution is -2.45. The smallest absolute Gasteiger partial charge is 0.254 e. The zero-order valence-corrected chi connectivity index (χ0v) is 16.0. The molecule has 0 radical (unpaired) electrons. The highest BCUT2D eigenvalue weighted by molar-refractivity contribution is 6.13. The molecule has 128 valence electrons. The van der Waals surface area contributed by atoms with Gasteiger partial charge in [-0.2, -0.15) is 0 Å². The first-order valence-corrected chi connectivity index (χ1v) is 8.60. The molecule has 3 heteroatoms. The van der Waals surface area contributed by atoms with Gasteiger partial charge in [0.25, 0.3) is 11.8 Å². The second-order valence-corrected chi connectivity index (χ2v) is 8.42. The lowest BCUT2D eigenvalue weighted by Gasteiger charge is -2.42. The molecule has 0 saturated carbocycles. The molecule has 3 rings (SSSR count). The minimum Gasteiger partial charge on any atom is -0.269 e. The van der Waals surface area contributed by atoms with Crippen molar-refractivity contribution in [2.45, 2.75) is 66.8 Å². The third-order valence-electron chi connectivity index (χ3n) is 7.03. The molecule has 1 aromatic carbocycles. The number of amides is 2. The highest BCUT2D eigenvalue weighted by atomic mass is 16.2. The molecule has 0 spiro atoms. The quantitative estimate of drug-likeness (QED) is 0.726. The summed E-state index contributed by atoms with van der Waals surface area (Å²) in [5.41, 5.74) is 7.18. The molecule has 0 aromatic heterocycles. The van der Waals surface area contributed by atoms with Crippen LogP contribution in [0.15, 0.2) is 12.2 Å². The monoisotopic (exact) mass is 325 g/mol. The largest absolute Gasteiger partial charge is 0.269 e. The van der Waals surface area contributed by atoms with E-state index in [0.717, 1.165) is 0 Å². The van der Waals surface area contributed by atoms with E-state index >= 15 is 0 Å². The van der Waals surface area contributed by atoms with Crippen molar-refractivity contribution in [2.24, 2.45) is 5.41 Å². The summed E-state index contributed by atoms with van der Waals surface area (Å²) in [4.78, 5) is 26.4. The zero-order chi connectivity index (χ0) is 18.2. The number of hydrogen-bond acceptors (Lipinski definition) is 2. The van der Waals surface area contributed by atoms with Crippen LogP contribution in [0, 0.1) is 33.1 Å². The molecule has 0 N–H and O–H groups in total. The average Bonchev–Trinajstić information content (AvgIpc) is 2.88.